The average molecular weight is 383 g/mol. The molecule has 0 spiro atoms. The highest BCUT2D eigenvalue weighted by Gasteiger charge is 2.11. The third-order valence-corrected chi connectivity index (χ3v) is 4.11. The molecule has 0 bridgehead atoms. The molecule has 2 rings (SSSR count). The first kappa shape index (κ1) is 21.2. The Balaban J connectivity index is 1.76. The number of amides is 1. The van der Waals surface area contributed by atoms with Crippen LogP contribution in [-0.2, 0) is 20.7 Å². The largest absolute Gasteiger partial charge is 0.497 e. The number of benzene rings is 2. The van der Waals surface area contributed by atoms with Crippen LogP contribution in [0, 0.1) is 0 Å². The fourth-order valence-electron chi connectivity index (χ4n) is 2.53. The van der Waals surface area contributed by atoms with E-state index in [2.05, 4.69) is 5.32 Å². The first-order valence-electron chi connectivity index (χ1n) is 9.23. The zero-order valence-corrected chi connectivity index (χ0v) is 16.2. The predicted molar refractivity (Wildman–Crippen MR) is 107 cm³/mol. The van der Waals surface area contributed by atoms with E-state index in [4.69, 9.17) is 9.47 Å². The van der Waals surface area contributed by atoms with Gasteiger partial charge in [-0.2, -0.15) is 0 Å². The summed E-state index contributed by atoms with van der Waals surface area (Å²) in [5, 5.41) is 2.76. The third kappa shape index (κ3) is 6.87. The van der Waals surface area contributed by atoms with Crippen LogP contribution in [0.3, 0.4) is 0 Å². The summed E-state index contributed by atoms with van der Waals surface area (Å²) in [5.74, 6) is -0.0166. The zero-order chi connectivity index (χ0) is 20.4. The number of Topliss-reactive ketones (excluding diaryl/α,β-unsaturated/α-hetero) is 1. The van der Waals surface area contributed by atoms with Crippen molar-refractivity contribution in [3.8, 4) is 5.75 Å². The van der Waals surface area contributed by atoms with E-state index >= 15 is 0 Å². The van der Waals surface area contributed by atoms with Crippen LogP contribution in [0.4, 0.5) is 5.69 Å². The number of aryl methyl sites for hydroxylation is 1. The number of esters is 1. The zero-order valence-electron chi connectivity index (χ0n) is 16.2. The number of nitrogens with one attached hydrogen (secondary N) is 1. The van der Waals surface area contributed by atoms with Gasteiger partial charge < -0.3 is 14.8 Å². The summed E-state index contributed by atoms with van der Waals surface area (Å²) in [6, 6.07) is 14.0. The van der Waals surface area contributed by atoms with Crippen molar-refractivity contribution in [2.24, 2.45) is 0 Å². The molecule has 1 amide bonds. The summed E-state index contributed by atoms with van der Waals surface area (Å²) in [6.07, 6.45) is 1.95. The summed E-state index contributed by atoms with van der Waals surface area (Å²) < 4.78 is 10.2. The van der Waals surface area contributed by atoms with Crippen molar-refractivity contribution < 1.29 is 23.9 Å². The fourth-order valence-corrected chi connectivity index (χ4v) is 2.53. The molecule has 0 saturated heterocycles. The summed E-state index contributed by atoms with van der Waals surface area (Å²) in [5.41, 5.74) is 2.05. The lowest BCUT2D eigenvalue weighted by Gasteiger charge is -2.07. The smallest absolute Gasteiger partial charge is 0.306 e. The molecule has 2 aromatic carbocycles. The van der Waals surface area contributed by atoms with Gasteiger partial charge in [0.25, 0.3) is 0 Å². The van der Waals surface area contributed by atoms with Crippen molar-refractivity contribution in [3.63, 3.8) is 0 Å². The molecule has 0 radical (unpaired) electrons. The van der Waals surface area contributed by atoms with Crippen LogP contribution >= 0.6 is 0 Å². The minimum atomic E-state index is -0.424. The minimum Gasteiger partial charge on any atom is -0.497 e. The molecular weight excluding hydrogens is 358 g/mol. The van der Waals surface area contributed by atoms with E-state index in [1.54, 1.807) is 31.4 Å². The SMILES string of the molecule is CCCC(=O)Nc1ccc(C(=O)COC(=O)CCc2ccc(OC)cc2)cc1. The van der Waals surface area contributed by atoms with E-state index in [0.29, 0.717) is 24.1 Å². The summed E-state index contributed by atoms with van der Waals surface area (Å²) in [7, 11) is 1.60. The van der Waals surface area contributed by atoms with Crippen molar-refractivity contribution >= 4 is 23.3 Å². The van der Waals surface area contributed by atoms with Crippen LogP contribution in [0.25, 0.3) is 0 Å². The van der Waals surface area contributed by atoms with Crippen LogP contribution in [0.5, 0.6) is 5.75 Å². The van der Waals surface area contributed by atoms with Gasteiger partial charge in [0.15, 0.2) is 12.4 Å². The molecule has 0 fully saturated rings. The van der Waals surface area contributed by atoms with Gasteiger partial charge in [-0.3, -0.25) is 14.4 Å². The number of ketones is 1. The molecule has 2 aromatic rings. The lowest BCUT2D eigenvalue weighted by atomic mass is 10.1. The van der Waals surface area contributed by atoms with Gasteiger partial charge >= 0.3 is 5.97 Å². The van der Waals surface area contributed by atoms with Crippen LogP contribution < -0.4 is 10.1 Å². The van der Waals surface area contributed by atoms with Crippen LogP contribution in [0.15, 0.2) is 48.5 Å². The highest BCUT2D eigenvalue weighted by Crippen LogP contribution is 2.13. The minimum absolute atomic E-state index is 0.0626. The number of hydrogen-bond donors (Lipinski definition) is 1. The molecule has 1 N–H and O–H groups in total. The van der Waals surface area contributed by atoms with Crippen molar-refractivity contribution in [1.29, 1.82) is 0 Å². The van der Waals surface area contributed by atoms with Gasteiger partial charge in [0.1, 0.15) is 5.75 Å². The molecule has 0 saturated carbocycles. The van der Waals surface area contributed by atoms with Crippen molar-refractivity contribution in [1.82, 2.24) is 0 Å². The first-order chi connectivity index (χ1) is 13.5. The number of carbonyl (C=O) groups is 3. The average Bonchev–Trinajstić information content (AvgIpc) is 2.71. The Labute approximate surface area is 164 Å². The van der Waals surface area contributed by atoms with E-state index in [1.807, 2.05) is 31.2 Å². The number of ether oxygens (including phenoxy) is 2. The standard InChI is InChI=1S/C22H25NO5/c1-3-4-21(25)23-18-10-8-17(9-11-18)20(24)15-28-22(26)14-7-16-5-12-19(27-2)13-6-16/h5-6,8-13H,3-4,7,14-15H2,1-2H3,(H,23,25). The topological polar surface area (TPSA) is 81.7 Å². The molecule has 0 aliphatic heterocycles. The van der Waals surface area contributed by atoms with E-state index in [1.165, 1.54) is 0 Å². The highest BCUT2D eigenvalue weighted by molar-refractivity contribution is 5.98. The summed E-state index contributed by atoms with van der Waals surface area (Å²) in [6.45, 7) is 1.63. The number of methoxy groups -OCH3 is 1. The second-order valence-electron chi connectivity index (χ2n) is 6.31. The second-order valence-corrected chi connectivity index (χ2v) is 6.31. The van der Waals surface area contributed by atoms with Gasteiger partial charge in [-0.25, -0.2) is 0 Å². The van der Waals surface area contributed by atoms with Gasteiger partial charge in [0.2, 0.25) is 5.91 Å². The lowest BCUT2D eigenvalue weighted by Crippen LogP contribution is -2.15. The van der Waals surface area contributed by atoms with E-state index in [-0.39, 0.29) is 24.7 Å². The molecule has 28 heavy (non-hydrogen) atoms. The monoisotopic (exact) mass is 383 g/mol. The van der Waals surface area contributed by atoms with E-state index in [9.17, 15) is 14.4 Å². The second kappa shape index (κ2) is 10.9. The Morgan fingerprint density at radius 2 is 1.61 bits per heavy atom. The van der Waals surface area contributed by atoms with Crippen LogP contribution in [-0.4, -0.2) is 31.4 Å². The Bertz CT molecular complexity index is 797. The molecule has 6 heteroatoms. The molecule has 148 valence electrons. The van der Waals surface area contributed by atoms with Crippen LogP contribution in [0.2, 0.25) is 0 Å². The third-order valence-electron chi connectivity index (χ3n) is 4.11. The predicted octanol–water partition coefficient (Wildman–Crippen LogP) is 3.79. The molecule has 0 heterocycles. The quantitative estimate of drug-likeness (QED) is 0.499. The Kier molecular flexibility index (Phi) is 8.21. The Morgan fingerprint density at radius 3 is 2.21 bits per heavy atom. The maximum Gasteiger partial charge on any atom is 0.306 e. The molecule has 0 aliphatic carbocycles. The number of anilines is 1. The first-order valence-corrected chi connectivity index (χ1v) is 9.23. The van der Waals surface area contributed by atoms with E-state index < -0.39 is 5.97 Å². The van der Waals surface area contributed by atoms with Crippen molar-refractivity contribution in [2.45, 2.75) is 32.6 Å². The van der Waals surface area contributed by atoms with Gasteiger partial charge in [0.05, 0.1) is 7.11 Å². The number of rotatable bonds is 10. The maximum atomic E-state index is 12.2. The molecule has 0 unspecified atom stereocenters. The van der Waals surface area contributed by atoms with Crippen molar-refractivity contribution in [3.05, 3.63) is 59.7 Å². The maximum absolute atomic E-state index is 12.2. The number of hydrogen-bond acceptors (Lipinski definition) is 5. The molecule has 6 nitrogen and oxygen atoms in total. The van der Waals surface area contributed by atoms with Gasteiger partial charge in [-0.1, -0.05) is 19.1 Å². The van der Waals surface area contributed by atoms with Gasteiger partial charge in [0, 0.05) is 24.1 Å². The van der Waals surface area contributed by atoms with Gasteiger partial charge in [-0.15, -0.1) is 0 Å². The summed E-state index contributed by atoms with van der Waals surface area (Å²) >= 11 is 0. The lowest BCUT2D eigenvalue weighted by molar-refractivity contribution is -0.142. The molecule has 0 aromatic heterocycles. The number of carbonyl (C=O) groups excluding carboxylic acids is 3. The molecular formula is C22H25NO5. The Hall–Kier alpha value is -3.15. The molecule has 0 aliphatic rings. The normalized spacial score (nSPS) is 10.2. The fraction of sp³-hybridized carbons (Fsp3) is 0.318. The molecule has 0 atom stereocenters. The van der Waals surface area contributed by atoms with E-state index in [0.717, 1.165) is 17.7 Å². The van der Waals surface area contributed by atoms with Crippen LogP contribution in [0.1, 0.15) is 42.1 Å². The Morgan fingerprint density at radius 1 is 0.929 bits per heavy atom. The highest BCUT2D eigenvalue weighted by atomic mass is 16.5. The van der Waals surface area contributed by atoms with Gasteiger partial charge in [-0.05, 0) is 54.8 Å². The summed E-state index contributed by atoms with van der Waals surface area (Å²) in [4.78, 5) is 35.6. The van der Waals surface area contributed by atoms with Crippen molar-refractivity contribution in [2.75, 3.05) is 19.0 Å².